The Hall–Kier alpha value is -1.33. The van der Waals surface area contributed by atoms with Crippen molar-refractivity contribution in [3.63, 3.8) is 0 Å². The van der Waals surface area contributed by atoms with Crippen LogP contribution in [0.15, 0.2) is 24.8 Å². The fourth-order valence-electron chi connectivity index (χ4n) is 2.94. The average molecular weight is 355 g/mol. The van der Waals surface area contributed by atoms with Crippen molar-refractivity contribution in [1.82, 2.24) is 9.80 Å². The summed E-state index contributed by atoms with van der Waals surface area (Å²) in [6.45, 7) is 9.34. The highest BCUT2D eigenvalue weighted by molar-refractivity contribution is 7.16. The van der Waals surface area contributed by atoms with Crippen molar-refractivity contribution < 1.29 is 9.59 Å². The van der Waals surface area contributed by atoms with Crippen molar-refractivity contribution in [2.45, 2.75) is 39.3 Å². The highest BCUT2D eigenvalue weighted by Crippen LogP contribution is 2.25. The minimum Gasteiger partial charge on any atom is -0.332 e. The Morgan fingerprint density at radius 3 is 2.74 bits per heavy atom. The van der Waals surface area contributed by atoms with Crippen LogP contribution in [0.3, 0.4) is 0 Å². The molecule has 2 heterocycles. The number of likely N-dealkylation sites (tertiary alicyclic amines) is 1. The molecule has 0 bridgehead atoms. The van der Waals surface area contributed by atoms with Gasteiger partial charge in [-0.05, 0) is 24.5 Å². The van der Waals surface area contributed by atoms with E-state index in [0.717, 1.165) is 11.3 Å². The molecule has 0 radical (unpaired) electrons. The number of nitrogens with zero attached hydrogens (tertiary/aromatic N) is 2. The number of thiophene rings is 1. The molecule has 1 saturated heterocycles. The third-order valence-corrected chi connectivity index (χ3v) is 5.18. The van der Waals surface area contributed by atoms with Gasteiger partial charge in [-0.2, -0.15) is 0 Å². The van der Waals surface area contributed by atoms with E-state index in [0.29, 0.717) is 30.4 Å². The van der Waals surface area contributed by atoms with Gasteiger partial charge in [0, 0.05) is 24.4 Å². The summed E-state index contributed by atoms with van der Waals surface area (Å²) in [5.41, 5.74) is 0. The molecule has 126 valence electrons. The van der Waals surface area contributed by atoms with Crippen LogP contribution in [0.5, 0.6) is 0 Å². The van der Waals surface area contributed by atoms with Crippen LogP contribution >= 0.6 is 22.9 Å². The lowest BCUT2D eigenvalue weighted by Crippen LogP contribution is -2.51. The van der Waals surface area contributed by atoms with Crippen LogP contribution in [0, 0.1) is 5.92 Å². The van der Waals surface area contributed by atoms with Crippen LogP contribution in [0.25, 0.3) is 0 Å². The topological polar surface area (TPSA) is 40.6 Å². The molecule has 2 rings (SSSR count). The summed E-state index contributed by atoms with van der Waals surface area (Å²) in [5.74, 6) is 0.137. The first-order valence-electron chi connectivity index (χ1n) is 7.87. The van der Waals surface area contributed by atoms with Gasteiger partial charge in [0.05, 0.1) is 10.9 Å². The summed E-state index contributed by atoms with van der Waals surface area (Å²) in [5, 5.41) is 0. The van der Waals surface area contributed by atoms with E-state index in [9.17, 15) is 9.59 Å². The molecule has 0 saturated carbocycles. The normalized spacial score (nSPS) is 16.0. The van der Waals surface area contributed by atoms with Crippen LogP contribution in [-0.2, 0) is 16.1 Å². The number of carbonyl (C=O) groups is 2. The second-order valence-corrected chi connectivity index (χ2v) is 7.89. The first-order chi connectivity index (χ1) is 10.9. The molecule has 4 nitrogen and oxygen atoms in total. The van der Waals surface area contributed by atoms with Gasteiger partial charge in [0.1, 0.15) is 6.04 Å². The maximum atomic E-state index is 13.1. The Bertz CT molecular complexity index is 585. The Labute approximate surface area is 146 Å². The van der Waals surface area contributed by atoms with Gasteiger partial charge < -0.3 is 9.80 Å². The molecule has 1 unspecified atom stereocenters. The molecule has 6 heteroatoms. The molecular weight excluding hydrogens is 332 g/mol. The summed E-state index contributed by atoms with van der Waals surface area (Å²) < 4.78 is 0.709. The molecule has 1 aromatic heterocycles. The largest absolute Gasteiger partial charge is 0.332 e. The summed E-state index contributed by atoms with van der Waals surface area (Å²) in [6.07, 6.45) is 3.09. The van der Waals surface area contributed by atoms with E-state index < -0.39 is 6.04 Å². The van der Waals surface area contributed by atoms with E-state index in [2.05, 4.69) is 6.58 Å². The quantitative estimate of drug-likeness (QED) is 0.702. The molecule has 0 aliphatic carbocycles. The second kappa shape index (κ2) is 7.97. The van der Waals surface area contributed by atoms with Crippen molar-refractivity contribution in [2.24, 2.45) is 5.92 Å². The predicted molar refractivity (Wildman–Crippen MR) is 94.5 cm³/mol. The highest BCUT2D eigenvalue weighted by Gasteiger charge is 2.37. The third kappa shape index (κ3) is 4.36. The maximum Gasteiger partial charge on any atom is 0.246 e. The molecule has 23 heavy (non-hydrogen) atoms. The van der Waals surface area contributed by atoms with E-state index >= 15 is 0 Å². The van der Waals surface area contributed by atoms with Gasteiger partial charge in [-0.15, -0.1) is 17.9 Å². The number of hydrogen-bond acceptors (Lipinski definition) is 3. The van der Waals surface area contributed by atoms with Gasteiger partial charge in [0.2, 0.25) is 11.8 Å². The zero-order valence-electron chi connectivity index (χ0n) is 13.6. The average Bonchev–Trinajstić information content (AvgIpc) is 3.08. The zero-order chi connectivity index (χ0) is 17.0. The zero-order valence-corrected chi connectivity index (χ0v) is 15.2. The minimum absolute atomic E-state index is 0.0142. The lowest BCUT2D eigenvalue weighted by Gasteiger charge is -2.34. The van der Waals surface area contributed by atoms with Gasteiger partial charge in [-0.1, -0.05) is 31.5 Å². The second-order valence-electron chi connectivity index (χ2n) is 6.09. The van der Waals surface area contributed by atoms with Gasteiger partial charge in [0.15, 0.2) is 0 Å². The fourth-order valence-corrected chi connectivity index (χ4v) is 4.04. The third-order valence-electron chi connectivity index (χ3n) is 3.97. The number of halogens is 1. The number of carbonyl (C=O) groups excluding carboxylic acids is 2. The summed E-state index contributed by atoms with van der Waals surface area (Å²) >= 11 is 7.45. The Morgan fingerprint density at radius 2 is 2.26 bits per heavy atom. The van der Waals surface area contributed by atoms with Crippen molar-refractivity contribution in [3.8, 4) is 0 Å². The van der Waals surface area contributed by atoms with E-state index in [-0.39, 0.29) is 17.7 Å². The number of amides is 2. The van der Waals surface area contributed by atoms with Gasteiger partial charge in [-0.3, -0.25) is 9.59 Å². The molecule has 0 spiro atoms. The smallest absolute Gasteiger partial charge is 0.246 e. The molecule has 2 amide bonds. The monoisotopic (exact) mass is 354 g/mol. The SMILES string of the molecule is C=CCN(Cc1ccc(Cl)s1)C(=O)C(C(C)C)N1CCCC1=O. The molecular formula is C17H23ClN2O2S. The van der Waals surface area contributed by atoms with E-state index in [1.54, 1.807) is 15.9 Å². The van der Waals surface area contributed by atoms with Crippen molar-refractivity contribution in [3.05, 3.63) is 34.0 Å². The first-order valence-corrected chi connectivity index (χ1v) is 9.07. The Kier molecular flexibility index (Phi) is 6.25. The van der Waals surface area contributed by atoms with E-state index in [1.165, 1.54) is 11.3 Å². The van der Waals surface area contributed by atoms with E-state index in [1.807, 2.05) is 26.0 Å². The van der Waals surface area contributed by atoms with Crippen molar-refractivity contribution >= 4 is 34.8 Å². The standard InChI is InChI=1S/C17H23ClN2O2S/c1-4-9-19(11-13-7-8-14(18)23-13)17(22)16(12(2)3)20-10-5-6-15(20)21/h4,7-8,12,16H,1,5-6,9-11H2,2-3H3. The molecule has 0 aromatic carbocycles. The van der Waals surface area contributed by atoms with Crippen molar-refractivity contribution in [1.29, 1.82) is 0 Å². The molecule has 1 aliphatic rings. The molecule has 1 aromatic rings. The van der Waals surface area contributed by atoms with Gasteiger partial charge in [0.25, 0.3) is 0 Å². The fraction of sp³-hybridized carbons (Fsp3) is 0.529. The lowest BCUT2D eigenvalue weighted by atomic mass is 10.0. The van der Waals surface area contributed by atoms with Crippen molar-refractivity contribution in [2.75, 3.05) is 13.1 Å². The summed E-state index contributed by atoms with van der Waals surface area (Å²) in [4.78, 5) is 29.7. The predicted octanol–water partition coefficient (Wildman–Crippen LogP) is 3.56. The van der Waals surface area contributed by atoms with Gasteiger partial charge >= 0.3 is 0 Å². The molecule has 1 fully saturated rings. The van der Waals surface area contributed by atoms with E-state index in [4.69, 9.17) is 11.6 Å². The Morgan fingerprint density at radius 1 is 1.52 bits per heavy atom. The number of hydrogen-bond donors (Lipinski definition) is 0. The van der Waals surface area contributed by atoms with Crippen LogP contribution in [0.2, 0.25) is 4.34 Å². The van der Waals surface area contributed by atoms with Crippen LogP contribution in [0.4, 0.5) is 0 Å². The van der Waals surface area contributed by atoms with Crippen LogP contribution in [0.1, 0.15) is 31.6 Å². The minimum atomic E-state index is -0.402. The molecule has 0 N–H and O–H groups in total. The maximum absolute atomic E-state index is 13.1. The molecule has 1 atom stereocenters. The van der Waals surface area contributed by atoms with Crippen LogP contribution in [-0.4, -0.2) is 40.7 Å². The molecule has 1 aliphatic heterocycles. The highest BCUT2D eigenvalue weighted by atomic mass is 35.5. The number of rotatable bonds is 7. The summed E-state index contributed by atoms with van der Waals surface area (Å²) in [7, 11) is 0. The lowest BCUT2D eigenvalue weighted by molar-refractivity contribution is -0.145. The first kappa shape index (κ1) is 18.0. The Balaban J connectivity index is 2.19. The van der Waals surface area contributed by atoms with Crippen LogP contribution < -0.4 is 0 Å². The summed E-state index contributed by atoms with van der Waals surface area (Å²) in [6, 6.07) is 3.37. The van der Waals surface area contributed by atoms with Gasteiger partial charge in [-0.25, -0.2) is 0 Å².